The molecule has 1 unspecified atom stereocenters. The Morgan fingerprint density at radius 3 is 2.79 bits per heavy atom. The van der Waals surface area contributed by atoms with Crippen LogP contribution in [0.5, 0.6) is 0 Å². The zero-order chi connectivity index (χ0) is 13.2. The summed E-state index contributed by atoms with van der Waals surface area (Å²) in [5, 5.41) is 7.88. The van der Waals surface area contributed by atoms with Crippen LogP contribution in [0.25, 0.3) is 11.4 Å². The molecule has 1 aromatic heterocycles. The summed E-state index contributed by atoms with van der Waals surface area (Å²) in [5.41, 5.74) is 0.895. The van der Waals surface area contributed by atoms with Gasteiger partial charge in [0.15, 0.2) is 11.6 Å². The van der Waals surface area contributed by atoms with Gasteiger partial charge in [-0.25, -0.2) is 14.1 Å². The summed E-state index contributed by atoms with van der Waals surface area (Å²) < 4.78 is 14.7. The summed E-state index contributed by atoms with van der Waals surface area (Å²) in [7, 11) is 1.88. The normalized spacial score (nSPS) is 19.6. The number of benzene rings is 1. The Morgan fingerprint density at radius 1 is 1.32 bits per heavy atom. The Kier molecular flexibility index (Phi) is 3.29. The highest BCUT2D eigenvalue weighted by molar-refractivity contribution is 5.54. The quantitative estimate of drug-likeness (QED) is 0.899. The van der Waals surface area contributed by atoms with Crippen LogP contribution in [0.1, 0.15) is 24.6 Å². The lowest BCUT2D eigenvalue weighted by molar-refractivity contribution is 0.445. The predicted octanol–water partition coefficient (Wildman–Crippen LogP) is 2.09. The topological polar surface area (TPSA) is 42.7 Å². The van der Waals surface area contributed by atoms with E-state index in [2.05, 4.69) is 15.4 Å². The van der Waals surface area contributed by atoms with Crippen LogP contribution in [0, 0.1) is 5.82 Å². The number of hydrogen-bond acceptors (Lipinski definition) is 3. The molecule has 1 aromatic carbocycles. The van der Waals surface area contributed by atoms with E-state index in [1.165, 1.54) is 12.1 Å². The Labute approximate surface area is 111 Å². The third-order valence-electron chi connectivity index (χ3n) is 3.54. The van der Waals surface area contributed by atoms with E-state index in [1.54, 1.807) is 16.8 Å². The molecule has 0 amide bonds. The lowest BCUT2D eigenvalue weighted by Gasteiger charge is -2.19. The van der Waals surface area contributed by atoms with Crippen LogP contribution in [0.2, 0.25) is 0 Å². The van der Waals surface area contributed by atoms with Crippen LogP contribution in [0.15, 0.2) is 24.3 Å². The SMILES string of the molecule is Cn1nc(C2CCCNC2)nc1-c1ccc(F)cc1. The van der Waals surface area contributed by atoms with Crippen LogP contribution < -0.4 is 5.32 Å². The van der Waals surface area contributed by atoms with E-state index >= 15 is 0 Å². The Bertz CT molecular complexity index is 555. The van der Waals surface area contributed by atoms with Crippen LogP contribution in [0.4, 0.5) is 4.39 Å². The fourth-order valence-electron chi connectivity index (χ4n) is 2.50. The highest BCUT2D eigenvalue weighted by Crippen LogP contribution is 2.24. The summed E-state index contributed by atoms with van der Waals surface area (Å²) in [5.74, 6) is 1.83. The zero-order valence-electron chi connectivity index (χ0n) is 10.9. The van der Waals surface area contributed by atoms with Crippen molar-refractivity contribution >= 4 is 0 Å². The molecule has 3 rings (SSSR count). The van der Waals surface area contributed by atoms with Crippen LogP contribution in [0.3, 0.4) is 0 Å². The highest BCUT2D eigenvalue weighted by Gasteiger charge is 2.21. The van der Waals surface area contributed by atoms with Gasteiger partial charge in [-0.15, -0.1) is 0 Å². The summed E-state index contributed by atoms with van der Waals surface area (Å²) in [6.45, 7) is 2.01. The van der Waals surface area contributed by atoms with Crippen molar-refractivity contribution in [1.82, 2.24) is 20.1 Å². The summed E-state index contributed by atoms with van der Waals surface area (Å²) >= 11 is 0. The molecule has 2 heterocycles. The van der Waals surface area contributed by atoms with Gasteiger partial charge < -0.3 is 5.32 Å². The van der Waals surface area contributed by atoms with Crippen LogP contribution in [-0.4, -0.2) is 27.9 Å². The van der Waals surface area contributed by atoms with Gasteiger partial charge in [0.25, 0.3) is 0 Å². The van der Waals surface area contributed by atoms with Crippen molar-refractivity contribution in [2.45, 2.75) is 18.8 Å². The molecular formula is C14H17FN4. The Morgan fingerprint density at radius 2 is 2.11 bits per heavy atom. The van der Waals surface area contributed by atoms with E-state index in [0.29, 0.717) is 5.92 Å². The second kappa shape index (κ2) is 5.09. The number of rotatable bonds is 2. The van der Waals surface area contributed by atoms with Crippen molar-refractivity contribution in [2.75, 3.05) is 13.1 Å². The van der Waals surface area contributed by atoms with Gasteiger partial charge in [0.2, 0.25) is 0 Å². The number of halogens is 1. The van der Waals surface area contributed by atoms with Crippen molar-refractivity contribution in [3.05, 3.63) is 35.9 Å². The third-order valence-corrected chi connectivity index (χ3v) is 3.54. The molecule has 5 heteroatoms. The molecule has 19 heavy (non-hydrogen) atoms. The molecule has 0 saturated carbocycles. The maximum atomic E-state index is 12.9. The van der Waals surface area contributed by atoms with Crippen molar-refractivity contribution in [2.24, 2.45) is 7.05 Å². The Hall–Kier alpha value is -1.75. The fourth-order valence-corrected chi connectivity index (χ4v) is 2.50. The van der Waals surface area contributed by atoms with E-state index in [-0.39, 0.29) is 5.82 Å². The second-order valence-corrected chi connectivity index (χ2v) is 4.97. The molecule has 0 radical (unpaired) electrons. The van der Waals surface area contributed by atoms with E-state index in [1.807, 2.05) is 7.05 Å². The molecule has 1 aliphatic rings. The monoisotopic (exact) mass is 260 g/mol. The Balaban J connectivity index is 1.90. The minimum absolute atomic E-state index is 0.234. The first-order valence-corrected chi connectivity index (χ1v) is 6.61. The highest BCUT2D eigenvalue weighted by atomic mass is 19.1. The third kappa shape index (κ3) is 2.51. The molecule has 100 valence electrons. The van der Waals surface area contributed by atoms with Crippen molar-refractivity contribution < 1.29 is 4.39 Å². The van der Waals surface area contributed by atoms with Crippen LogP contribution in [-0.2, 0) is 7.05 Å². The van der Waals surface area contributed by atoms with Gasteiger partial charge in [-0.3, -0.25) is 0 Å². The summed E-state index contributed by atoms with van der Waals surface area (Å²) in [6, 6.07) is 6.38. The van der Waals surface area contributed by atoms with E-state index < -0.39 is 0 Å². The fraction of sp³-hybridized carbons (Fsp3) is 0.429. The van der Waals surface area contributed by atoms with E-state index in [0.717, 1.165) is 43.1 Å². The van der Waals surface area contributed by atoms with Gasteiger partial charge in [-0.05, 0) is 43.7 Å². The van der Waals surface area contributed by atoms with E-state index in [9.17, 15) is 4.39 Å². The van der Waals surface area contributed by atoms with Gasteiger partial charge in [-0.2, -0.15) is 5.10 Å². The molecule has 2 aromatic rings. The van der Waals surface area contributed by atoms with Gasteiger partial charge in [-0.1, -0.05) is 0 Å². The number of nitrogens with zero attached hydrogens (tertiary/aromatic N) is 3. The molecule has 1 N–H and O–H groups in total. The standard InChI is InChI=1S/C14H17FN4/c1-19-14(10-4-6-12(15)7-5-10)17-13(18-19)11-3-2-8-16-9-11/h4-7,11,16H,2-3,8-9H2,1H3. The minimum atomic E-state index is -0.234. The molecular weight excluding hydrogens is 243 g/mol. The summed E-state index contributed by atoms with van der Waals surface area (Å²) in [4.78, 5) is 4.62. The van der Waals surface area contributed by atoms with Gasteiger partial charge in [0.05, 0.1) is 0 Å². The van der Waals surface area contributed by atoms with E-state index in [4.69, 9.17) is 0 Å². The largest absolute Gasteiger partial charge is 0.316 e. The number of aryl methyl sites for hydroxylation is 1. The number of aromatic nitrogens is 3. The molecule has 1 fully saturated rings. The average molecular weight is 260 g/mol. The van der Waals surface area contributed by atoms with Crippen molar-refractivity contribution in [1.29, 1.82) is 0 Å². The number of hydrogen-bond donors (Lipinski definition) is 1. The zero-order valence-corrected chi connectivity index (χ0v) is 10.9. The molecule has 4 nitrogen and oxygen atoms in total. The number of piperidine rings is 1. The average Bonchev–Trinajstić information content (AvgIpc) is 2.83. The number of nitrogens with one attached hydrogen (secondary N) is 1. The maximum Gasteiger partial charge on any atom is 0.158 e. The predicted molar refractivity (Wildman–Crippen MR) is 71.2 cm³/mol. The van der Waals surface area contributed by atoms with Crippen molar-refractivity contribution in [3.63, 3.8) is 0 Å². The molecule has 0 bridgehead atoms. The molecule has 1 aliphatic heterocycles. The van der Waals surface area contributed by atoms with Gasteiger partial charge >= 0.3 is 0 Å². The second-order valence-electron chi connectivity index (χ2n) is 4.97. The van der Waals surface area contributed by atoms with Gasteiger partial charge in [0.1, 0.15) is 5.82 Å². The smallest absolute Gasteiger partial charge is 0.158 e. The first-order valence-electron chi connectivity index (χ1n) is 6.61. The lowest BCUT2D eigenvalue weighted by Crippen LogP contribution is -2.29. The lowest BCUT2D eigenvalue weighted by atomic mass is 9.99. The summed E-state index contributed by atoms with van der Waals surface area (Å²) in [6.07, 6.45) is 2.29. The maximum absolute atomic E-state index is 12.9. The van der Waals surface area contributed by atoms with Crippen LogP contribution >= 0.6 is 0 Å². The molecule has 1 atom stereocenters. The van der Waals surface area contributed by atoms with Gasteiger partial charge in [0, 0.05) is 25.1 Å². The van der Waals surface area contributed by atoms with Crippen molar-refractivity contribution in [3.8, 4) is 11.4 Å². The molecule has 0 aliphatic carbocycles. The first kappa shape index (κ1) is 12.3. The first-order chi connectivity index (χ1) is 9.24. The molecule has 0 spiro atoms. The minimum Gasteiger partial charge on any atom is -0.316 e. The molecule has 1 saturated heterocycles.